The van der Waals surface area contributed by atoms with Gasteiger partial charge in [-0.25, -0.2) is 9.78 Å². The molecule has 3 rings (SSSR count). The summed E-state index contributed by atoms with van der Waals surface area (Å²) in [4.78, 5) is 25.7. The van der Waals surface area contributed by atoms with Gasteiger partial charge in [0, 0.05) is 30.3 Å². The first-order chi connectivity index (χ1) is 13.1. The SMILES string of the molecule is COC(=O)C1=C(NCC2(CC(=O)[O-])CCCCC2)CCC1.c1cc[nH+]cc1. The van der Waals surface area contributed by atoms with E-state index in [-0.39, 0.29) is 17.8 Å². The van der Waals surface area contributed by atoms with Gasteiger partial charge < -0.3 is 20.0 Å². The number of nitrogens with one attached hydrogen (secondary N) is 2. The minimum absolute atomic E-state index is 0.0981. The highest BCUT2D eigenvalue weighted by molar-refractivity contribution is 5.89. The highest BCUT2D eigenvalue weighted by Gasteiger charge is 2.33. The average Bonchev–Trinajstić information content (AvgIpc) is 3.17. The number of hydrogen-bond acceptors (Lipinski definition) is 5. The first-order valence-electron chi connectivity index (χ1n) is 9.71. The monoisotopic (exact) mass is 374 g/mol. The number of aromatic nitrogens is 1. The lowest BCUT2D eigenvalue weighted by Gasteiger charge is -2.38. The van der Waals surface area contributed by atoms with Gasteiger partial charge in [0.15, 0.2) is 12.4 Å². The van der Waals surface area contributed by atoms with Crippen LogP contribution in [0.15, 0.2) is 41.9 Å². The summed E-state index contributed by atoms with van der Waals surface area (Å²) in [6, 6.07) is 5.86. The van der Waals surface area contributed by atoms with E-state index in [1.807, 2.05) is 30.6 Å². The number of carboxylic acid groups (broad SMARTS) is 1. The zero-order chi connectivity index (χ0) is 19.5. The summed E-state index contributed by atoms with van der Waals surface area (Å²) < 4.78 is 4.80. The molecule has 2 aliphatic rings. The van der Waals surface area contributed by atoms with Gasteiger partial charge >= 0.3 is 5.97 Å². The maximum absolute atomic E-state index is 11.7. The molecular formula is C21H30N2O4. The minimum Gasteiger partial charge on any atom is -0.550 e. The smallest absolute Gasteiger partial charge is 0.335 e. The summed E-state index contributed by atoms with van der Waals surface area (Å²) in [6.45, 7) is 0.608. The zero-order valence-electron chi connectivity index (χ0n) is 16.1. The lowest BCUT2D eigenvalue weighted by molar-refractivity contribution is -0.378. The number of allylic oxidation sites excluding steroid dienone is 1. The Morgan fingerprint density at radius 3 is 2.33 bits per heavy atom. The standard InChI is InChI=1S/C16H25NO4.C5H5N/c1-21-15(20)12-6-5-7-13(12)17-11-16(10-14(18)19)8-3-2-4-9-16;1-2-4-6-5-3-1/h17H,2-11H2,1H3,(H,18,19);1-5H. The van der Waals surface area contributed by atoms with E-state index in [9.17, 15) is 14.7 Å². The second-order valence-electron chi connectivity index (χ2n) is 7.34. The van der Waals surface area contributed by atoms with E-state index >= 15 is 0 Å². The molecule has 6 heteroatoms. The topological polar surface area (TPSA) is 92.6 Å². The fourth-order valence-corrected chi connectivity index (χ4v) is 3.95. The van der Waals surface area contributed by atoms with E-state index in [0.717, 1.165) is 56.2 Å². The van der Waals surface area contributed by atoms with Crippen molar-refractivity contribution in [1.29, 1.82) is 0 Å². The number of carbonyl (C=O) groups excluding carboxylic acids is 2. The average molecular weight is 374 g/mol. The fourth-order valence-electron chi connectivity index (χ4n) is 3.95. The highest BCUT2D eigenvalue weighted by Crippen LogP contribution is 2.39. The van der Waals surface area contributed by atoms with E-state index in [2.05, 4.69) is 10.3 Å². The molecule has 6 nitrogen and oxygen atoms in total. The van der Waals surface area contributed by atoms with E-state index in [0.29, 0.717) is 6.54 Å². The largest absolute Gasteiger partial charge is 0.550 e. The lowest BCUT2D eigenvalue weighted by Crippen LogP contribution is -2.41. The highest BCUT2D eigenvalue weighted by atomic mass is 16.5. The van der Waals surface area contributed by atoms with Crippen molar-refractivity contribution in [3.63, 3.8) is 0 Å². The van der Waals surface area contributed by atoms with Crippen molar-refractivity contribution in [2.75, 3.05) is 13.7 Å². The molecule has 0 atom stereocenters. The van der Waals surface area contributed by atoms with Crippen molar-refractivity contribution < 1.29 is 24.4 Å². The van der Waals surface area contributed by atoms with Crippen LogP contribution in [0, 0.1) is 5.41 Å². The van der Waals surface area contributed by atoms with Crippen LogP contribution in [-0.2, 0) is 14.3 Å². The molecular weight excluding hydrogens is 344 g/mol. The van der Waals surface area contributed by atoms with Crippen molar-refractivity contribution in [2.45, 2.75) is 57.8 Å². The van der Waals surface area contributed by atoms with Crippen molar-refractivity contribution in [2.24, 2.45) is 5.41 Å². The van der Waals surface area contributed by atoms with Crippen LogP contribution in [0.4, 0.5) is 0 Å². The molecule has 1 fully saturated rings. The molecule has 27 heavy (non-hydrogen) atoms. The van der Waals surface area contributed by atoms with Gasteiger partial charge in [-0.05, 0) is 43.9 Å². The molecule has 1 aromatic rings. The Bertz CT molecular complexity index is 610. The molecule has 2 aliphatic carbocycles. The maximum Gasteiger partial charge on any atom is 0.335 e. The molecule has 0 aliphatic heterocycles. The number of methoxy groups -OCH3 is 1. The molecule has 1 heterocycles. The number of esters is 1. The van der Waals surface area contributed by atoms with Crippen LogP contribution >= 0.6 is 0 Å². The van der Waals surface area contributed by atoms with Crippen LogP contribution in [-0.4, -0.2) is 25.6 Å². The number of pyridine rings is 1. The summed E-state index contributed by atoms with van der Waals surface area (Å²) >= 11 is 0. The number of hydrogen-bond donors (Lipinski definition) is 1. The van der Waals surface area contributed by atoms with Gasteiger partial charge in [0.2, 0.25) is 0 Å². The first kappa shape index (κ1) is 20.9. The molecule has 0 spiro atoms. The van der Waals surface area contributed by atoms with E-state index in [1.54, 1.807) is 0 Å². The molecule has 0 amide bonds. The van der Waals surface area contributed by atoms with Gasteiger partial charge in [-0.2, -0.15) is 0 Å². The molecule has 1 aromatic heterocycles. The summed E-state index contributed by atoms with van der Waals surface area (Å²) in [5.74, 6) is -1.25. The number of carboxylic acids is 1. The molecule has 0 unspecified atom stereocenters. The van der Waals surface area contributed by atoms with Gasteiger partial charge in [0.05, 0.1) is 12.7 Å². The number of carbonyl (C=O) groups is 2. The van der Waals surface area contributed by atoms with Gasteiger partial charge in [0.25, 0.3) is 0 Å². The summed E-state index contributed by atoms with van der Waals surface area (Å²) in [6.07, 6.45) is 11.5. The van der Waals surface area contributed by atoms with Crippen LogP contribution < -0.4 is 15.4 Å². The fraction of sp³-hybridized carbons (Fsp3) is 0.571. The summed E-state index contributed by atoms with van der Waals surface area (Å²) in [5, 5.41) is 14.4. The third-order valence-electron chi connectivity index (χ3n) is 5.37. The Morgan fingerprint density at radius 1 is 1.11 bits per heavy atom. The van der Waals surface area contributed by atoms with Crippen molar-refractivity contribution in [3.05, 3.63) is 41.9 Å². The number of ether oxygens (including phenoxy) is 1. The lowest BCUT2D eigenvalue weighted by atomic mass is 9.71. The quantitative estimate of drug-likeness (QED) is 0.766. The van der Waals surface area contributed by atoms with Crippen LogP contribution in [0.3, 0.4) is 0 Å². The minimum atomic E-state index is -0.979. The molecule has 0 saturated heterocycles. The normalized spacial score (nSPS) is 18.3. The van der Waals surface area contributed by atoms with Gasteiger partial charge in [-0.1, -0.05) is 25.3 Å². The predicted octanol–water partition coefficient (Wildman–Crippen LogP) is 1.78. The summed E-state index contributed by atoms with van der Waals surface area (Å²) in [5.41, 5.74) is 1.43. The second kappa shape index (κ2) is 10.7. The Labute approximate surface area is 161 Å². The maximum atomic E-state index is 11.7. The Hall–Kier alpha value is -2.37. The first-order valence-corrected chi connectivity index (χ1v) is 9.71. The Kier molecular flexibility index (Phi) is 8.30. The Balaban J connectivity index is 0.000000369. The Morgan fingerprint density at radius 2 is 1.81 bits per heavy atom. The third kappa shape index (κ3) is 6.70. The molecule has 0 aromatic carbocycles. The third-order valence-corrected chi connectivity index (χ3v) is 5.37. The number of rotatable bonds is 6. The number of H-pyrrole nitrogens is 1. The van der Waals surface area contributed by atoms with Crippen molar-refractivity contribution >= 4 is 11.9 Å². The van der Waals surface area contributed by atoms with E-state index in [1.165, 1.54) is 13.5 Å². The van der Waals surface area contributed by atoms with Crippen LogP contribution in [0.2, 0.25) is 0 Å². The summed E-state index contributed by atoms with van der Waals surface area (Å²) in [7, 11) is 1.39. The predicted molar refractivity (Wildman–Crippen MR) is 99.0 cm³/mol. The second-order valence-corrected chi connectivity index (χ2v) is 7.34. The van der Waals surface area contributed by atoms with E-state index < -0.39 is 5.97 Å². The molecule has 148 valence electrons. The van der Waals surface area contributed by atoms with Crippen molar-refractivity contribution in [1.82, 2.24) is 5.32 Å². The zero-order valence-corrected chi connectivity index (χ0v) is 16.1. The number of aromatic amines is 1. The van der Waals surface area contributed by atoms with Gasteiger partial charge in [0.1, 0.15) is 0 Å². The molecule has 1 saturated carbocycles. The number of aliphatic carboxylic acids is 1. The molecule has 0 bridgehead atoms. The van der Waals surface area contributed by atoms with Crippen molar-refractivity contribution in [3.8, 4) is 0 Å². The van der Waals surface area contributed by atoms with Gasteiger partial charge in [-0.3, -0.25) is 0 Å². The van der Waals surface area contributed by atoms with Gasteiger partial charge in [-0.15, -0.1) is 0 Å². The molecule has 0 radical (unpaired) electrons. The van der Waals surface area contributed by atoms with Crippen LogP contribution in [0.1, 0.15) is 57.8 Å². The van der Waals surface area contributed by atoms with Crippen LogP contribution in [0.25, 0.3) is 0 Å². The van der Waals surface area contributed by atoms with Crippen LogP contribution in [0.5, 0.6) is 0 Å². The van der Waals surface area contributed by atoms with E-state index in [4.69, 9.17) is 4.74 Å². The molecule has 2 N–H and O–H groups in total.